The van der Waals surface area contributed by atoms with Crippen molar-refractivity contribution < 1.29 is 8.42 Å². The molecule has 0 rings (SSSR count). The highest BCUT2D eigenvalue weighted by atomic mass is 32.2. The number of nitrogens with zero attached hydrogens (tertiary/aromatic N) is 1. The van der Waals surface area contributed by atoms with Crippen molar-refractivity contribution in [3.8, 4) is 0 Å². The van der Waals surface area contributed by atoms with Crippen LogP contribution in [0, 0.1) is 5.92 Å². The minimum Gasteiger partial charge on any atom is -0.313 e. The summed E-state index contributed by atoms with van der Waals surface area (Å²) < 4.78 is 22.7. The summed E-state index contributed by atoms with van der Waals surface area (Å²) in [6, 6.07) is 0.448. The van der Waals surface area contributed by atoms with Crippen LogP contribution in [0.4, 0.5) is 0 Å². The van der Waals surface area contributed by atoms with E-state index in [-0.39, 0.29) is 5.75 Å². The first-order valence-corrected chi connectivity index (χ1v) is 8.67. The summed E-state index contributed by atoms with van der Waals surface area (Å²) in [5, 5.41) is 3.47. The molecule has 1 unspecified atom stereocenters. The molecule has 0 aliphatic rings. The Morgan fingerprint density at radius 1 is 1.22 bits per heavy atom. The van der Waals surface area contributed by atoms with Gasteiger partial charge in [-0.1, -0.05) is 20.8 Å². The monoisotopic (exact) mass is 278 g/mol. The van der Waals surface area contributed by atoms with Crippen LogP contribution in [0.25, 0.3) is 0 Å². The molecule has 110 valence electrons. The van der Waals surface area contributed by atoms with Crippen LogP contribution in [0.1, 0.15) is 33.6 Å². The van der Waals surface area contributed by atoms with Gasteiger partial charge in [-0.2, -0.15) is 0 Å². The molecule has 18 heavy (non-hydrogen) atoms. The van der Waals surface area contributed by atoms with Gasteiger partial charge in [0.05, 0.1) is 5.75 Å². The number of rotatable bonds is 10. The molecule has 1 atom stereocenters. The summed E-state index contributed by atoms with van der Waals surface area (Å²) in [4.78, 5) is 2.17. The lowest BCUT2D eigenvalue weighted by Gasteiger charge is -2.24. The normalized spacial score (nSPS) is 14.4. The van der Waals surface area contributed by atoms with Gasteiger partial charge in [0.25, 0.3) is 0 Å². The molecular weight excluding hydrogens is 248 g/mol. The maximum Gasteiger partial charge on any atom is 0.150 e. The Hall–Kier alpha value is -0.130. The number of hydrogen-bond donors (Lipinski definition) is 1. The van der Waals surface area contributed by atoms with Crippen molar-refractivity contribution in [3.05, 3.63) is 0 Å². The van der Waals surface area contributed by atoms with Gasteiger partial charge in [-0.25, -0.2) is 8.42 Å². The Morgan fingerprint density at radius 2 is 1.83 bits per heavy atom. The summed E-state index contributed by atoms with van der Waals surface area (Å²) in [5.74, 6) is 1.20. The second-order valence-electron chi connectivity index (χ2n) is 5.63. The highest BCUT2D eigenvalue weighted by Gasteiger charge is 2.12. The number of likely N-dealkylation sites (N-methyl/N-ethyl adjacent to an activating group) is 1. The van der Waals surface area contributed by atoms with Gasteiger partial charge in [0, 0.05) is 18.3 Å². The van der Waals surface area contributed by atoms with E-state index in [0.29, 0.717) is 24.1 Å². The number of sulfone groups is 1. The number of hydrogen-bond acceptors (Lipinski definition) is 4. The lowest BCUT2D eigenvalue weighted by Crippen LogP contribution is -2.40. The quantitative estimate of drug-likeness (QED) is 0.613. The topological polar surface area (TPSA) is 49.4 Å². The van der Waals surface area contributed by atoms with E-state index >= 15 is 0 Å². The van der Waals surface area contributed by atoms with Crippen molar-refractivity contribution in [2.75, 3.05) is 38.7 Å². The summed E-state index contributed by atoms with van der Waals surface area (Å²) in [6.07, 6.45) is 1.83. The minimum absolute atomic E-state index is 0.250. The van der Waals surface area contributed by atoms with E-state index in [0.717, 1.165) is 19.5 Å². The molecule has 0 aliphatic carbocycles. The Bertz CT molecular complexity index is 290. The summed E-state index contributed by atoms with van der Waals surface area (Å²) in [7, 11) is 1.32. The van der Waals surface area contributed by atoms with E-state index in [1.54, 1.807) is 6.92 Å². The Labute approximate surface area is 113 Å². The molecule has 0 aromatic carbocycles. The van der Waals surface area contributed by atoms with Crippen molar-refractivity contribution in [3.63, 3.8) is 0 Å². The molecule has 5 heteroatoms. The standard InChI is InChI=1S/C13H30N2O2S/c1-6-18(16,17)9-7-8-14-13(10-12(2)3)11-15(4)5/h12-14H,6-11H2,1-5H3. The second kappa shape index (κ2) is 8.88. The highest BCUT2D eigenvalue weighted by Crippen LogP contribution is 2.05. The third-order valence-corrected chi connectivity index (χ3v) is 4.64. The first-order chi connectivity index (χ1) is 8.26. The van der Waals surface area contributed by atoms with Crippen LogP contribution in [0.2, 0.25) is 0 Å². The highest BCUT2D eigenvalue weighted by molar-refractivity contribution is 7.91. The van der Waals surface area contributed by atoms with Crippen LogP contribution < -0.4 is 5.32 Å². The van der Waals surface area contributed by atoms with Gasteiger partial charge in [0.2, 0.25) is 0 Å². The predicted octanol–water partition coefficient (Wildman–Crippen LogP) is 1.38. The van der Waals surface area contributed by atoms with Crippen LogP contribution in [-0.4, -0.2) is 58.1 Å². The first-order valence-electron chi connectivity index (χ1n) is 6.85. The van der Waals surface area contributed by atoms with Gasteiger partial charge < -0.3 is 10.2 Å². The smallest absolute Gasteiger partial charge is 0.150 e. The third-order valence-electron chi connectivity index (χ3n) is 2.85. The molecule has 0 radical (unpaired) electrons. The van der Waals surface area contributed by atoms with Crippen LogP contribution in [0.3, 0.4) is 0 Å². The molecule has 0 spiro atoms. The lowest BCUT2D eigenvalue weighted by atomic mass is 10.0. The second-order valence-corrected chi connectivity index (χ2v) is 8.11. The number of nitrogens with one attached hydrogen (secondary N) is 1. The average Bonchev–Trinajstić information content (AvgIpc) is 2.22. The average molecular weight is 278 g/mol. The van der Waals surface area contributed by atoms with Crippen LogP contribution >= 0.6 is 0 Å². The third kappa shape index (κ3) is 9.85. The van der Waals surface area contributed by atoms with E-state index in [2.05, 4.69) is 38.2 Å². The first kappa shape index (κ1) is 17.9. The molecular formula is C13H30N2O2S. The minimum atomic E-state index is -2.81. The molecule has 0 amide bonds. The Kier molecular flexibility index (Phi) is 8.82. The largest absolute Gasteiger partial charge is 0.313 e. The molecule has 4 nitrogen and oxygen atoms in total. The van der Waals surface area contributed by atoms with Gasteiger partial charge in [0.1, 0.15) is 9.84 Å². The van der Waals surface area contributed by atoms with Crippen molar-refractivity contribution in [2.45, 2.75) is 39.7 Å². The lowest BCUT2D eigenvalue weighted by molar-refractivity contribution is 0.306. The molecule has 0 aromatic heterocycles. The fraction of sp³-hybridized carbons (Fsp3) is 1.00. The molecule has 0 bridgehead atoms. The van der Waals surface area contributed by atoms with Crippen molar-refractivity contribution >= 4 is 9.84 Å². The molecule has 0 aromatic rings. The van der Waals surface area contributed by atoms with E-state index in [4.69, 9.17) is 0 Å². The zero-order valence-corrected chi connectivity index (χ0v) is 13.4. The summed E-state index contributed by atoms with van der Waals surface area (Å²) >= 11 is 0. The fourth-order valence-electron chi connectivity index (χ4n) is 1.97. The van der Waals surface area contributed by atoms with Crippen molar-refractivity contribution in [1.29, 1.82) is 0 Å². The van der Waals surface area contributed by atoms with Gasteiger partial charge in [-0.3, -0.25) is 0 Å². The predicted molar refractivity (Wildman–Crippen MR) is 78.7 cm³/mol. The van der Waals surface area contributed by atoms with E-state index in [9.17, 15) is 8.42 Å². The van der Waals surface area contributed by atoms with Crippen LogP contribution in [0.5, 0.6) is 0 Å². The maximum absolute atomic E-state index is 11.4. The van der Waals surface area contributed by atoms with Gasteiger partial charge in [-0.05, 0) is 39.4 Å². The SMILES string of the molecule is CCS(=O)(=O)CCCNC(CC(C)C)CN(C)C. The van der Waals surface area contributed by atoms with Crippen molar-refractivity contribution in [2.24, 2.45) is 5.92 Å². The summed E-state index contributed by atoms with van der Waals surface area (Å²) in [5.41, 5.74) is 0. The van der Waals surface area contributed by atoms with Crippen LogP contribution in [0.15, 0.2) is 0 Å². The van der Waals surface area contributed by atoms with Crippen molar-refractivity contribution in [1.82, 2.24) is 10.2 Å². The Balaban J connectivity index is 3.96. The fourth-order valence-corrected chi connectivity index (χ4v) is 2.85. The molecule has 0 saturated carbocycles. The molecule has 0 heterocycles. The molecule has 0 aliphatic heterocycles. The van der Waals surface area contributed by atoms with Gasteiger partial charge in [-0.15, -0.1) is 0 Å². The van der Waals surface area contributed by atoms with Gasteiger partial charge >= 0.3 is 0 Å². The summed E-state index contributed by atoms with van der Waals surface area (Å²) in [6.45, 7) is 7.91. The van der Waals surface area contributed by atoms with E-state index in [1.807, 2.05) is 0 Å². The zero-order valence-electron chi connectivity index (χ0n) is 12.6. The van der Waals surface area contributed by atoms with Gasteiger partial charge in [0.15, 0.2) is 0 Å². The zero-order chi connectivity index (χ0) is 14.2. The molecule has 0 saturated heterocycles. The maximum atomic E-state index is 11.4. The molecule has 1 N–H and O–H groups in total. The molecule has 0 fully saturated rings. The Morgan fingerprint density at radius 3 is 2.28 bits per heavy atom. The van der Waals surface area contributed by atoms with Crippen LogP contribution in [-0.2, 0) is 9.84 Å². The van der Waals surface area contributed by atoms with E-state index < -0.39 is 9.84 Å². The van der Waals surface area contributed by atoms with E-state index in [1.165, 1.54) is 0 Å².